The van der Waals surface area contributed by atoms with Crippen LogP contribution in [-0.2, 0) is 0 Å². The molecule has 3 heteroatoms. The molecule has 0 amide bonds. The minimum atomic E-state index is 0.618. The van der Waals surface area contributed by atoms with Crippen LogP contribution in [-0.4, -0.2) is 30.3 Å². The molecular formula is C7H14N2S. The Kier molecular flexibility index (Phi) is 2.16. The lowest BCUT2D eigenvalue weighted by molar-refractivity contribution is 0.518. The van der Waals surface area contributed by atoms with Crippen molar-refractivity contribution in [3.8, 4) is 0 Å². The average Bonchev–Trinajstić information content (AvgIpc) is 2.59. The van der Waals surface area contributed by atoms with Gasteiger partial charge >= 0.3 is 0 Å². The first-order valence-corrected chi connectivity index (χ1v) is 5.10. The second-order valence-corrected chi connectivity index (χ2v) is 4.28. The molecular weight excluding hydrogens is 144 g/mol. The molecule has 1 unspecified atom stereocenters. The van der Waals surface area contributed by atoms with Gasteiger partial charge in [-0.05, 0) is 18.6 Å². The predicted octanol–water partition coefficient (Wildman–Crippen LogP) is 0.401. The molecule has 2 nitrogen and oxygen atoms in total. The minimum Gasteiger partial charge on any atom is -0.300 e. The Balaban J connectivity index is 1.85. The van der Waals surface area contributed by atoms with Gasteiger partial charge in [-0.2, -0.15) is 11.8 Å². The van der Waals surface area contributed by atoms with Crippen LogP contribution < -0.4 is 10.6 Å². The molecule has 2 fully saturated rings. The van der Waals surface area contributed by atoms with Gasteiger partial charge in [0.2, 0.25) is 0 Å². The molecule has 0 aromatic carbocycles. The lowest BCUT2D eigenvalue weighted by Crippen LogP contribution is -2.39. The Morgan fingerprint density at radius 1 is 1.20 bits per heavy atom. The largest absolute Gasteiger partial charge is 0.300 e. The van der Waals surface area contributed by atoms with Crippen LogP contribution in [0.5, 0.6) is 0 Å². The molecule has 1 atom stereocenters. The maximum absolute atomic E-state index is 3.47. The highest BCUT2D eigenvalue weighted by Gasteiger charge is 2.26. The Morgan fingerprint density at radius 2 is 2.00 bits per heavy atom. The summed E-state index contributed by atoms with van der Waals surface area (Å²) in [7, 11) is 0. The fourth-order valence-corrected chi connectivity index (χ4v) is 3.01. The topological polar surface area (TPSA) is 24.1 Å². The SMILES string of the molecule is C1CSC(C2NCCN2)C1. The molecule has 2 heterocycles. The lowest BCUT2D eigenvalue weighted by Gasteiger charge is -2.17. The molecule has 2 aliphatic rings. The maximum atomic E-state index is 3.47. The zero-order valence-corrected chi connectivity index (χ0v) is 6.91. The Morgan fingerprint density at radius 3 is 2.60 bits per heavy atom. The van der Waals surface area contributed by atoms with Crippen molar-refractivity contribution >= 4 is 11.8 Å². The van der Waals surface area contributed by atoms with Crippen LogP contribution in [0.3, 0.4) is 0 Å². The molecule has 0 saturated carbocycles. The van der Waals surface area contributed by atoms with Gasteiger partial charge in [0.25, 0.3) is 0 Å². The van der Waals surface area contributed by atoms with Crippen LogP contribution >= 0.6 is 11.8 Å². The van der Waals surface area contributed by atoms with Gasteiger partial charge in [0.15, 0.2) is 0 Å². The van der Waals surface area contributed by atoms with Crippen molar-refractivity contribution in [2.75, 3.05) is 18.8 Å². The van der Waals surface area contributed by atoms with Crippen molar-refractivity contribution in [1.82, 2.24) is 10.6 Å². The number of hydrogen-bond donors (Lipinski definition) is 2. The number of nitrogens with one attached hydrogen (secondary N) is 2. The summed E-state index contributed by atoms with van der Waals surface area (Å²) in [6, 6.07) is 0. The molecule has 0 radical (unpaired) electrons. The number of rotatable bonds is 1. The zero-order chi connectivity index (χ0) is 6.81. The molecule has 0 aromatic rings. The van der Waals surface area contributed by atoms with Gasteiger partial charge in [0.05, 0.1) is 6.17 Å². The van der Waals surface area contributed by atoms with E-state index in [2.05, 4.69) is 22.4 Å². The highest BCUT2D eigenvalue weighted by atomic mass is 32.2. The second kappa shape index (κ2) is 3.11. The van der Waals surface area contributed by atoms with Gasteiger partial charge in [-0.3, -0.25) is 10.6 Å². The maximum Gasteiger partial charge on any atom is 0.0694 e. The van der Waals surface area contributed by atoms with Gasteiger partial charge in [-0.15, -0.1) is 0 Å². The van der Waals surface area contributed by atoms with Crippen molar-refractivity contribution < 1.29 is 0 Å². The molecule has 2 rings (SSSR count). The average molecular weight is 158 g/mol. The fraction of sp³-hybridized carbons (Fsp3) is 1.00. The fourth-order valence-electron chi connectivity index (χ4n) is 1.66. The molecule has 2 N–H and O–H groups in total. The third kappa shape index (κ3) is 1.31. The quantitative estimate of drug-likeness (QED) is 0.577. The van der Waals surface area contributed by atoms with E-state index >= 15 is 0 Å². The van der Waals surface area contributed by atoms with Crippen LogP contribution in [0.1, 0.15) is 12.8 Å². The minimum absolute atomic E-state index is 0.618. The van der Waals surface area contributed by atoms with E-state index < -0.39 is 0 Å². The molecule has 0 aromatic heterocycles. The summed E-state index contributed by atoms with van der Waals surface area (Å²) in [5.74, 6) is 1.37. The van der Waals surface area contributed by atoms with E-state index in [4.69, 9.17) is 0 Å². The van der Waals surface area contributed by atoms with Gasteiger partial charge in [0, 0.05) is 18.3 Å². The summed E-state index contributed by atoms with van der Waals surface area (Å²) in [5, 5.41) is 7.78. The summed E-state index contributed by atoms with van der Waals surface area (Å²) >= 11 is 2.11. The summed E-state index contributed by atoms with van der Waals surface area (Å²) in [4.78, 5) is 0. The highest BCUT2D eigenvalue weighted by Crippen LogP contribution is 2.28. The van der Waals surface area contributed by atoms with Crippen molar-refractivity contribution in [1.29, 1.82) is 0 Å². The molecule has 0 aliphatic carbocycles. The monoisotopic (exact) mass is 158 g/mol. The number of thioether (sulfide) groups is 1. The van der Waals surface area contributed by atoms with Crippen molar-refractivity contribution in [2.45, 2.75) is 24.3 Å². The molecule has 10 heavy (non-hydrogen) atoms. The molecule has 2 aliphatic heterocycles. The van der Waals surface area contributed by atoms with E-state index in [1.54, 1.807) is 0 Å². The van der Waals surface area contributed by atoms with E-state index in [0.29, 0.717) is 6.17 Å². The lowest BCUT2D eigenvalue weighted by atomic mass is 10.2. The first-order valence-electron chi connectivity index (χ1n) is 4.05. The van der Waals surface area contributed by atoms with Crippen molar-refractivity contribution in [3.05, 3.63) is 0 Å². The normalized spacial score (nSPS) is 35.4. The molecule has 2 saturated heterocycles. The van der Waals surface area contributed by atoms with Crippen LogP contribution in [0.25, 0.3) is 0 Å². The van der Waals surface area contributed by atoms with Gasteiger partial charge < -0.3 is 0 Å². The van der Waals surface area contributed by atoms with Gasteiger partial charge in [-0.1, -0.05) is 0 Å². The summed E-state index contributed by atoms with van der Waals surface area (Å²) in [5.41, 5.74) is 0. The van der Waals surface area contributed by atoms with E-state index in [9.17, 15) is 0 Å². The zero-order valence-electron chi connectivity index (χ0n) is 6.10. The third-order valence-corrected chi connectivity index (χ3v) is 3.65. The smallest absolute Gasteiger partial charge is 0.0694 e. The highest BCUT2D eigenvalue weighted by molar-refractivity contribution is 8.00. The van der Waals surface area contributed by atoms with Gasteiger partial charge in [0.1, 0.15) is 0 Å². The summed E-state index contributed by atoms with van der Waals surface area (Å²) < 4.78 is 0. The van der Waals surface area contributed by atoms with E-state index in [-0.39, 0.29) is 0 Å². The van der Waals surface area contributed by atoms with Crippen LogP contribution in [0.15, 0.2) is 0 Å². The van der Waals surface area contributed by atoms with Crippen LogP contribution in [0.2, 0.25) is 0 Å². The molecule has 0 spiro atoms. The second-order valence-electron chi connectivity index (χ2n) is 2.94. The van der Waals surface area contributed by atoms with E-state index in [0.717, 1.165) is 18.3 Å². The first kappa shape index (κ1) is 6.95. The Hall–Kier alpha value is 0.270. The molecule has 58 valence electrons. The van der Waals surface area contributed by atoms with E-state index in [1.807, 2.05) is 0 Å². The summed E-state index contributed by atoms with van der Waals surface area (Å²) in [6.07, 6.45) is 3.43. The summed E-state index contributed by atoms with van der Waals surface area (Å²) in [6.45, 7) is 2.31. The third-order valence-electron chi connectivity index (χ3n) is 2.19. The van der Waals surface area contributed by atoms with E-state index in [1.165, 1.54) is 18.6 Å². The first-order chi connectivity index (χ1) is 4.97. The van der Waals surface area contributed by atoms with Crippen molar-refractivity contribution in [3.63, 3.8) is 0 Å². The van der Waals surface area contributed by atoms with Crippen LogP contribution in [0.4, 0.5) is 0 Å². The van der Waals surface area contributed by atoms with Crippen LogP contribution in [0, 0.1) is 0 Å². The predicted molar refractivity (Wildman–Crippen MR) is 45.3 cm³/mol. The Labute approximate surface area is 66.1 Å². The van der Waals surface area contributed by atoms with Crippen molar-refractivity contribution in [2.24, 2.45) is 0 Å². The molecule has 0 bridgehead atoms. The Bertz CT molecular complexity index is 92.2. The number of hydrogen-bond acceptors (Lipinski definition) is 3. The standard InChI is InChI=1S/C7H14N2S/c1-2-6(10-5-1)7-8-3-4-9-7/h6-9H,1-5H2. The van der Waals surface area contributed by atoms with Gasteiger partial charge in [-0.25, -0.2) is 0 Å².